The summed E-state index contributed by atoms with van der Waals surface area (Å²) in [5.41, 5.74) is 0.496. The van der Waals surface area contributed by atoms with E-state index in [1.165, 1.54) is 4.68 Å². The molecule has 1 atom stereocenters. The minimum absolute atomic E-state index is 0.349. The highest BCUT2D eigenvalue weighted by Gasteiger charge is 2.21. The first-order valence-corrected chi connectivity index (χ1v) is 5.91. The third-order valence-corrected chi connectivity index (χ3v) is 2.61. The molecule has 0 unspecified atom stereocenters. The van der Waals surface area contributed by atoms with Gasteiger partial charge in [0.05, 0.1) is 0 Å². The summed E-state index contributed by atoms with van der Waals surface area (Å²) in [6.07, 6.45) is 1.67. The Morgan fingerprint density at radius 2 is 1.95 bits per heavy atom. The molecule has 104 valence electrons. The van der Waals surface area contributed by atoms with E-state index in [1.54, 1.807) is 49.6 Å². The Kier molecular flexibility index (Phi) is 3.99. The molecule has 1 heterocycles. The van der Waals surface area contributed by atoms with Crippen LogP contribution in [0.3, 0.4) is 0 Å². The predicted molar refractivity (Wildman–Crippen MR) is 72.2 cm³/mol. The Labute approximate surface area is 115 Å². The number of aromatic nitrogens is 2. The van der Waals surface area contributed by atoms with Gasteiger partial charge in [0, 0.05) is 19.3 Å². The van der Waals surface area contributed by atoms with Gasteiger partial charge >= 0.3 is 12.0 Å². The van der Waals surface area contributed by atoms with Crippen molar-refractivity contribution in [2.45, 2.75) is 6.04 Å². The lowest BCUT2D eigenvalue weighted by Gasteiger charge is -2.14. The maximum absolute atomic E-state index is 11.8. The molecule has 20 heavy (non-hydrogen) atoms. The molecule has 2 aromatic rings. The summed E-state index contributed by atoms with van der Waals surface area (Å²) >= 11 is 0. The van der Waals surface area contributed by atoms with E-state index in [4.69, 9.17) is 0 Å². The van der Waals surface area contributed by atoms with Crippen molar-refractivity contribution in [3.63, 3.8) is 0 Å². The second kappa shape index (κ2) is 5.87. The van der Waals surface area contributed by atoms with Crippen molar-refractivity contribution in [1.82, 2.24) is 15.1 Å². The predicted octanol–water partition coefficient (Wildman–Crippen LogP) is 1.37. The summed E-state index contributed by atoms with van der Waals surface area (Å²) in [5.74, 6) is -0.783. The number of nitrogens with zero attached hydrogens (tertiary/aromatic N) is 2. The van der Waals surface area contributed by atoms with E-state index in [2.05, 4.69) is 15.7 Å². The Hall–Kier alpha value is -2.83. The van der Waals surface area contributed by atoms with E-state index in [9.17, 15) is 14.7 Å². The molecule has 2 amide bonds. The largest absolute Gasteiger partial charge is 0.479 e. The van der Waals surface area contributed by atoms with E-state index in [-0.39, 0.29) is 0 Å². The number of carboxylic acids is 1. The molecular weight excluding hydrogens is 260 g/mol. The standard InChI is InChI=1S/C13H14N4O3/c1-17-8-7-10(16-17)14-13(20)15-11(12(18)19)9-5-3-2-4-6-9/h2-8,11H,1H3,(H,18,19)(H2,14,15,16,20)/t11-/m0/s1. The van der Waals surface area contributed by atoms with Gasteiger partial charge < -0.3 is 10.4 Å². The summed E-state index contributed by atoms with van der Waals surface area (Å²) < 4.78 is 1.53. The molecule has 1 aromatic heterocycles. The SMILES string of the molecule is Cn1ccc(NC(=O)N[C@H](C(=O)O)c2ccccc2)n1. The lowest BCUT2D eigenvalue weighted by molar-refractivity contribution is -0.139. The topological polar surface area (TPSA) is 96.2 Å². The van der Waals surface area contributed by atoms with Crippen molar-refractivity contribution in [3.05, 3.63) is 48.2 Å². The molecule has 0 fully saturated rings. The van der Waals surface area contributed by atoms with E-state index < -0.39 is 18.0 Å². The smallest absolute Gasteiger partial charge is 0.330 e. The average molecular weight is 274 g/mol. The summed E-state index contributed by atoms with van der Waals surface area (Å²) in [4.78, 5) is 23.0. The molecule has 3 N–H and O–H groups in total. The highest BCUT2D eigenvalue weighted by atomic mass is 16.4. The fraction of sp³-hybridized carbons (Fsp3) is 0.154. The fourth-order valence-electron chi connectivity index (χ4n) is 1.70. The number of benzene rings is 1. The van der Waals surface area contributed by atoms with Gasteiger partial charge in [-0.2, -0.15) is 5.10 Å². The highest BCUT2D eigenvalue weighted by molar-refractivity contribution is 5.91. The molecule has 0 bridgehead atoms. The first-order valence-electron chi connectivity index (χ1n) is 5.91. The molecule has 0 spiro atoms. The number of hydrogen-bond donors (Lipinski definition) is 3. The van der Waals surface area contributed by atoms with Gasteiger partial charge in [0.1, 0.15) is 0 Å². The normalized spacial score (nSPS) is 11.7. The Balaban J connectivity index is 2.05. The average Bonchev–Trinajstić information content (AvgIpc) is 2.82. The van der Waals surface area contributed by atoms with E-state index in [1.807, 2.05) is 0 Å². The Morgan fingerprint density at radius 3 is 2.50 bits per heavy atom. The molecule has 7 heteroatoms. The summed E-state index contributed by atoms with van der Waals surface area (Å²) in [6, 6.07) is 8.35. The van der Waals surface area contributed by atoms with Crippen LogP contribution in [0.15, 0.2) is 42.6 Å². The third kappa shape index (κ3) is 3.35. The van der Waals surface area contributed by atoms with Crippen LogP contribution < -0.4 is 10.6 Å². The van der Waals surface area contributed by atoms with Gasteiger partial charge in [-0.3, -0.25) is 10.00 Å². The van der Waals surface area contributed by atoms with Crippen LogP contribution in [-0.2, 0) is 11.8 Å². The van der Waals surface area contributed by atoms with Crippen LogP contribution >= 0.6 is 0 Å². The molecule has 0 saturated carbocycles. The van der Waals surface area contributed by atoms with Crippen LogP contribution in [0, 0.1) is 0 Å². The van der Waals surface area contributed by atoms with Crippen LogP contribution in [0.1, 0.15) is 11.6 Å². The van der Waals surface area contributed by atoms with Crippen molar-refractivity contribution in [2.24, 2.45) is 7.05 Å². The molecule has 0 radical (unpaired) electrons. The number of carboxylic acid groups (broad SMARTS) is 1. The Bertz CT molecular complexity index is 609. The number of aliphatic carboxylic acids is 1. The number of urea groups is 1. The van der Waals surface area contributed by atoms with Crippen molar-refractivity contribution >= 4 is 17.8 Å². The van der Waals surface area contributed by atoms with Crippen LogP contribution in [0.2, 0.25) is 0 Å². The number of amides is 2. The molecular formula is C13H14N4O3. The van der Waals surface area contributed by atoms with Gasteiger partial charge in [-0.05, 0) is 5.56 Å². The molecule has 0 saturated heterocycles. The number of carbonyl (C=O) groups excluding carboxylic acids is 1. The first-order chi connectivity index (χ1) is 9.56. The zero-order valence-corrected chi connectivity index (χ0v) is 10.8. The van der Waals surface area contributed by atoms with Crippen molar-refractivity contribution in [2.75, 3.05) is 5.32 Å². The number of hydrogen-bond acceptors (Lipinski definition) is 3. The maximum Gasteiger partial charge on any atom is 0.330 e. The highest BCUT2D eigenvalue weighted by Crippen LogP contribution is 2.13. The van der Waals surface area contributed by atoms with Gasteiger partial charge in [0.15, 0.2) is 11.9 Å². The van der Waals surface area contributed by atoms with E-state index >= 15 is 0 Å². The van der Waals surface area contributed by atoms with Gasteiger partial charge in [-0.25, -0.2) is 9.59 Å². The van der Waals surface area contributed by atoms with Crippen LogP contribution in [0.5, 0.6) is 0 Å². The minimum Gasteiger partial charge on any atom is -0.479 e. The Morgan fingerprint density at radius 1 is 1.25 bits per heavy atom. The maximum atomic E-state index is 11.8. The first kappa shape index (κ1) is 13.6. The summed E-state index contributed by atoms with van der Waals surface area (Å²) in [6.45, 7) is 0. The van der Waals surface area contributed by atoms with Gasteiger partial charge in [0.25, 0.3) is 0 Å². The van der Waals surface area contributed by atoms with Crippen molar-refractivity contribution < 1.29 is 14.7 Å². The molecule has 0 aliphatic rings. The second-order valence-electron chi connectivity index (χ2n) is 4.16. The third-order valence-electron chi connectivity index (χ3n) is 2.61. The lowest BCUT2D eigenvalue weighted by atomic mass is 10.1. The molecule has 7 nitrogen and oxygen atoms in total. The second-order valence-corrected chi connectivity index (χ2v) is 4.16. The number of nitrogens with one attached hydrogen (secondary N) is 2. The van der Waals surface area contributed by atoms with Gasteiger partial charge in [-0.1, -0.05) is 30.3 Å². The summed E-state index contributed by atoms with van der Waals surface area (Å²) in [7, 11) is 1.72. The quantitative estimate of drug-likeness (QED) is 0.784. The van der Waals surface area contributed by atoms with Crippen LogP contribution in [-0.4, -0.2) is 26.9 Å². The number of carbonyl (C=O) groups is 2. The van der Waals surface area contributed by atoms with Gasteiger partial charge in [-0.15, -0.1) is 0 Å². The van der Waals surface area contributed by atoms with E-state index in [0.29, 0.717) is 11.4 Å². The molecule has 0 aliphatic heterocycles. The fourth-order valence-corrected chi connectivity index (χ4v) is 1.70. The molecule has 0 aliphatic carbocycles. The zero-order valence-electron chi connectivity index (χ0n) is 10.8. The molecule has 2 rings (SSSR count). The van der Waals surface area contributed by atoms with E-state index in [0.717, 1.165) is 0 Å². The van der Waals surface area contributed by atoms with Gasteiger partial charge in [0.2, 0.25) is 0 Å². The zero-order chi connectivity index (χ0) is 14.5. The number of anilines is 1. The number of rotatable bonds is 4. The van der Waals surface area contributed by atoms with Crippen LogP contribution in [0.4, 0.5) is 10.6 Å². The minimum atomic E-state index is -1.13. The van der Waals surface area contributed by atoms with Crippen molar-refractivity contribution in [1.29, 1.82) is 0 Å². The van der Waals surface area contributed by atoms with Crippen molar-refractivity contribution in [3.8, 4) is 0 Å². The van der Waals surface area contributed by atoms with Crippen LogP contribution in [0.25, 0.3) is 0 Å². The summed E-state index contributed by atoms with van der Waals surface area (Å²) in [5, 5.41) is 18.0. The lowest BCUT2D eigenvalue weighted by Crippen LogP contribution is -2.36. The molecule has 1 aromatic carbocycles. The monoisotopic (exact) mass is 274 g/mol. The number of aryl methyl sites for hydroxylation is 1.